The van der Waals surface area contributed by atoms with Crippen LogP contribution >= 0.6 is 0 Å². The monoisotopic (exact) mass is 261 g/mol. The van der Waals surface area contributed by atoms with Gasteiger partial charge in [0.2, 0.25) is 0 Å². The molecule has 1 aliphatic rings. The molecule has 0 bridgehead atoms. The standard InChI is InChI=1S/C16H23NO2/c1-13(17-15-10-6-3-7-11-15)16(18)19-12-14-8-4-2-5-9-14/h2,4-5,8-9,13,15,17H,3,6-7,10-12H2,1H3. The predicted molar refractivity (Wildman–Crippen MR) is 75.7 cm³/mol. The molecule has 104 valence electrons. The number of nitrogens with one attached hydrogen (secondary N) is 1. The molecule has 1 aromatic carbocycles. The van der Waals surface area contributed by atoms with E-state index in [0.29, 0.717) is 12.6 Å². The fourth-order valence-electron chi connectivity index (χ4n) is 2.54. The largest absolute Gasteiger partial charge is 0.460 e. The number of carbonyl (C=O) groups excluding carboxylic acids is 1. The van der Waals surface area contributed by atoms with Crippen LogP contribution in [0.2, 0.25) is 0 Å². The summed E-state index contributed by atoms with van der Waals surface area (Å²) in [4.78, 5) is 11.9. The summed E-state index contributed by atoms with van der Waals surface area (Å²) in [7, 11) is 0. The summed E-state index contributed by atoms with van der Waals surface area (Å²) in [5, 5.41) is 3.38. The minimum atomic E-state index is -0.216. The zero-order valence-corrected chi connectivity index (χ0v) is 11.6. The van der Waals surface area contributed by atoms with Crippen LogP contribution in [0.3, 0.4) is 0 Å². The topological polar surface area (TPSA) is 38.3 Å². The minimum absolute atomic E-state index is 0.158. The molecule has 1 aliphatic carbocycles. The Morgan fingerprint density at radius 3 is 2.63 bits per heavy atom. The van der Waals surface area contributed by atoms with Gasteiger partial charge in [-0.1, -0.05) is 49.6 Å². The van der Waals surface area contributed by atoms with Crippen molar-refractivity contribution in [3.8, 4) is 0 Å². The first-order valence-electron chi connectivity index (χ1n) is 7.22. The number of ether oxygens (including phenoxy) is 1. The van der Waals surface area contributed by atoms with Crippen molar-refractivity contribution in [3.63, 3.8) is 0 Å². The van der Waals surface area contributed by atoms with Gasteiger partial charge in [-0.3, -0.25) is 4.79 Å². The Kier molecular flexibility index (Phi) is 5.40. The zero-order chi connectivity index (χ0) is 13.5. The maximum Gasteiger partial charge on any atom is 0.323 e. The van der Waals surface area contributed by atoms with Gasteiger partial charge in [-0.15, -0.1) is 0 Å². The van der Waals surface area contributed by atoms with E-state index in [1.807, 2.05) is 37.3 Å². The lowest BCUT2D eigenvalue weighted by atomic mass is 9.95. The first kappa shape index (κ1) is 14.1. The highest BCUT2D eigenvalue weighted by Crippen LogP contribution is 2.18. The second-order valence-electron chi connectivity index (χ2n) is 5.32. The lowest BCUT2D eigenvalue weighted by Gasteiger charge is -2.25. The highest BCUT2D eigenvalue weighted by atomic mass is 16.5. The van der Waals surface area contributed by atoms with E-state index >= 15 is 0 Å². The van der Waals surface area contributed by atoms with Crippen molar-refractivity contribution in [1.29, 1.82) is 0 Å². The number of hydrogen-bond acceptors (Lipinski definition) is 3. The van der Waals surface area contributed by atoms with Gasteiger partial charge in [-0.2, -0.15) is 0 Å². The van der Waals surface area contributed by atoms with Gasteiger partial charge in [-0.05, 0) is 25.3 Å². The summed E-state index contributed by atoms with van der Waals surface area (Å²) in [6, 6.07) is 10.1. The van der Waals surface area contributed by atoms with Crippen molar-refractivity contribution in [2.45, 2.75) is 57.7 Å². The molecule has 0 spiro atoms. The van der Waals surface area contributed by atoms with Crippen LogP contribution in [0.25, 0.3) is 0 Å². The Morgan fingerprint density at radius 2 is 1.95 bits per heavy atom. The highest BCUT2D eigenvalue weighted by Gasteiger charge is 2.20. The second kappa shape index (κ2) is 7.29. The molecule has 1 atom stereocenters. The van der Waals surface area contributed by atoms with Gasteiger partial charge in [0, 0.05) is 6.04 Å². The lowest BCUT2D eigenvalue weighted by molar-refractivity contribution is -0.147. The molecule has 0 saturated heterocycles. The third-order valence-corrected chi connectivity index (χ3v) is 3.67. The number of hydrogen-bond donors (Lipinski definition) is 1. The molecule has 0 amide bonds. The van der Waals surface area contributed by atoms with Crippen molar-refractivity contribution < 1.29 is 9.53 Å². The van der Waals surface area contributed by atoms with Crippen molar-refractivity contribution >= 4 is 5.97 Å². The fourth-order valence-corrected chi connectivity index (χ4v) is 2.54. The summed E-state index contributed by atoms with van der Waals surface area (Å²) in [5.41, 5.74) is 1.03. The fraction of sp³-hybridized carbons (Fsp3) is 0.562. The molecular formula is C16H23NO2. The van der Waals surface area contributed by atoms with E-state index in [1.165, 1.54) is 32.1 Å². The van der Waals surface area contributed by atoms with E-state index in [-0.39, 0.29) is 12.0 Å². The van der Waals surface area contributed by atoms with Crippen LogP contribution in [0.15, 0.2) is 30.3 Å². The van der Waals surface area contributed by atoms with Crippen molar-refractivity contribution in [1.82, 2.24) is 5.32 Å². The number of carbonyl (C=O) groups is 1. The van der Waals surface area contributed by atoms with Crippen LogP contribution in [-0.2, 0) is 16.1 Å². The molecule has 1 unspecified atom stereocenters. The average Bonchev–Trinajstić information content (AvgIpc) is 2.47. The van der Waals surface area contributed by atoms with Gasteiger partial charge >= 0.3 is 5.97 Å². The molecule has 0 aliphatic heterocycles. The highest BCUT2D eigenvalue weighted by molar-refractivity contribution is 5.75. The van der Waals surface area contributed by atoms with Crippen LogP contribution < -0.4 is 5.32 Å². The summed E-state index contributed by atoms with van der Waals surface area (Å²) < 4.78 is 5.33. The molecule has 1 saturated carbocycles. The zero-order valence-electron chi connectivity index (χ0n) is 11.6. The van der Waals surface area contributed by atoms with Gasteiger partial charge in [0.05, 0.1) is 0 Å². The molecule has 2 rings (SSSR count). The Hall–Kier alpha value is -1.35. The number of esters is 1. The molecule has 0 aromatic heterocycles. The van der Waals surface area contributed by atoms with Gasteiger partial charge in [0.1, 0.15) is 12.6 Å². The van der Waals surface area contributed by atoms with Crippen molar-refractivity contribution in [2.75, 3.05) is 0 Å². The third-order valence-electron chi connectivity index (χ3n) is 3.67. The molecular weight excluding hydrogens is 238 g/mol. The lowest BCUT2D eigenvalue weighted by Crippen LogP contribution is -2.43. The van der Waals surface area contributed by atoms with Crippen molar-refractivity contribution in [3.05, 3.63) is 35.9 Å². The first-order valence-corrected chi connectivity index (χ1v) is 7.22. The SMILES string of the molecule is CC(NC1CCCCC1)C(=O)OCc1ccccc1. The Balaban J connectivity index is 1.72. The summed E-state index contributed by atoms with van der Waals surface area (Å²) in [6.45, 7) is 2.25. The maximum atomic E-state index is 11.9. The third kappa shape index (κ3) is 4.67. The molecule has 3 heteroatoms. The van der Waals surface area contributed by atoms with Crippen LogP contribution in [0.1, 0.15) is 44.6 Å². The predicted octanol–water partition coefficient (Wildman–Crippen LogP) is 3.04. The molecule has 0 radical (unpaired) electrons. The van der Waals surface area contributed by atoms with E-state index in [0.717, 1.165) is 5.56 Å². The van der Waals surface area contributed by atoms with E-state index in [4.69, 9.17) is 4.74 Å². The quantitative estimate of drug-likeness (QED) is 0.828. The van der Waals surface area contributed by atoms with Gasteiger partial charge in [0.15, 0.2) is 0 Å². The van der Waals surface area contributed by atoms with Gasteiger partial charge < -0.3 is 10.1 Å². The van der Waals surface area contributed by atoms with Gasteiger partial charge in [-0.25, -0.2) is 0 Å². The van der Waals surface area contributed by atoms with E-state index in [1.54, 1.807) is 0 Å². The normalized spacial score (nSPS) is 17.9. The Bertz CT molecular complexity index is 385. The number of rotatable bonds is 5. The van der Waals surface area contributed by atoms with E-state index in [2.05, 4.69) is 5.32 Å². The molecule has 1 N–H and O–H groups in total. The summed E-state index contributed by atoms with van der Waals surface area (Å²) >= 11 is 0. The molecule has 1 aromatic rings. The molecule has 19 heavy (non-hydrogen) atoms. The van der Waals surface area contributed by atoms with Crippen LogP contribution in [0.5, 0.6) is 0 Å². The van der Waals surface area contributed by atoms with Crippen LogP contribution in [0, 0.1) is 0 Å². The Morgan fingerprint density at radius 1 is 1.26 bits per heavy atom. The average molecular weight is 261 g/mol. The minimum Gasteiger partial charge on any atom is -0.460 e. The van der Waals surface area contributed by atoms with E-state index in [9.17, 15) is 4.79 Å². The smallest absolute Gasteiger partial charge is 0.323 e. The number of benzene rings is 1. The second-order valence-corrected chi connectivity index (χ2v) is 5.32. The molecule has 3 nitrogen and oxygen atoms in total. The van der Waals surface area contributed by atoms with Gasteiger partial charge in [0.25, 0.3) is 0 Å². The Labute approximate surface area is 115 Å². The van der Waals surface area contributed by atoms with Crippen molar-refractivity contribution in [2.24, 2.45) is 0 Å². The maximum absolute atomic E-state index is 11.9. The van der Waals surface area contributed by atoms with E-state index < -0.39 is 0 Å². The van der Waals surface area contributed by atoms with Crippen LogP contribution in [0.4, 0.5) is 0 Å². The molecule has 1 fully saturated rings. The van der Waals surface area contributed by atoms with Crippen LogP contribution in [-0.4, -0.2) is 18.1 Å². The molecule has 0 heterocycles. The summed E-state index contributed by atoms with van der Waals surface area (Å²) in [6.07, 6.45) is 6.21. The first-order chi connectivity index (χ1) is 9.25. The summed E-state index contributed by atoms with van der Waals surface area (Å²) in [5.74, 6) is -0.158.